The quantitative estimate of drug-likeness (QED) is 0.538. The number of hydrogen-bond donors (Lipinski definition) is 2. The van der Waals surface area contributed by atoms with E-state index in [1.165, 1.54) is 50.2 Å². The first kappa shape index (κ1) is 26.6. The Morgan fingerprint density at radius 3 is 2.42 bits per heavy atom. The van der Waals surface area contributed by atoms with Crippen LogP contribution in [0.2, 0.25) is 0 Å². The van der Waals surface area contributed by atoms with Crippen molar-refractivity contribution in [1.82, 2.24) is 9.62 Å². The molecule has 2 fully saturated rings. The van der Waals surface area contributed by atoms with Crippen LogP contribution in [0.4, 0.5) is 17.6 Å². The molecule has 0 unspecified atom stereocenters. The van der Waals surface area contributed by atoms with Crippen LogP contribution in [-0.4, -0.2) is 59.7 Å². The minimum absolute atomic E-state index is 0.0339. The van der Waals surface area contributed by atoms with Gasteiger partial charge in [-0.3, -0.25) is 4.79 Å². The predicted octanol–water partition coefficient (Wildman–Crippen LogP) is 3.63. The molecule has 0 aromatic heterocycles. The Hall–Kier alpha value is -2.50. The Labute approximate surface area is 207 Å². The van der Waals surface area contributed by atoms with Gasteiger partial charge in [0, 0.05) is 5.56 Å². The zero-order chi connectivity index (χ0) is 26.5. The van der Waals surface area contributed by atoms with Crippen LogP contribution in [0.1, 0.15) is 38.7 Å². The molecular formula is C25H28F4N2O4S. The summed E-state index contributed by atoms with van der Waals surface area (Å²) in [5.74, 6) is -5.97. The van der Waals surface area contributed by atoms with E-state index in [0.717, 1.165) is 11.0 Å². The van der Waals surface area contributed by atoms with E-state index in [0.29, 0.717) is 6.42 Å². The Morgan fingerprint density at radius 1 is 1.17 bits per heavy atom. The lowest BCUT2D eigenvalue weighted by molar-refractivity contribution is -0.162. The van der Waals surface area contributed by atoms with Gasteiger partial charge in [0.15, 0.2) is 0 Å². The third-order valence-electron chi connectivity index (χ3n) is 7.02. The van der Waals surface area contributed by atoms with Gasteiger partial charge in [-0.25, -0.2) is 30.7 Å². The number of alkyl halides is 2. The zero-order valence-corrected chi connectivity index (χ0v) is 20.7. The number of aliphatic hydroxyl groups is 1. The van der Waals surface area contributed by atoms with Gasteiger partial charge < -0.3 is 10.0 Å². The van der Waals surface area contributed by atoms with Crippen LogP contribution in [0.3, 0.4) is 0 Å². The van der Waals surface area contributed by atoms with E-state index in [1.807, 2.05) is 4.72 Å². The molecule has 2 atom stereocenters. The van der Waals surface area contributed by atoms with Crippen molar-refractivity contribution in [2.75, 3.05) is 6.54 Å². The first-order chi connectivity index (χ1) is 16.7. The van der Waals surface area contributed by atoms with Crippen LogP contribution < -0.4 is 4.72 Å². The van der Waals surface area contributed by atoms with Crippen LogP contribution in [0, 0.1) is 11.6 Å². The van der Waals surface area contributed by atoms with Crippen molar-refractivity contribution in [3.8, 4) is 11.1 Å². The maximum atomic E-state index is 15.6. The fourth-order valence-corrected chi connectivity index (χ4v) is 5.62. The molecule has 4 rings (SSSR count). The van der Waals surface area contributed by atoms with Crippen molar-refractivity contribution in [3.63, 3.8) is 0 Å². The largest absolute Gasteiger partial charge is 0.380 e. The number of carbonyl (C=O) groups is 1. The lowest BCUT2D eigenvalue weighted by Gasteiger charge is -2.40. The average molecular weight is 529 g/mol. The number of rotatable bonds is 7. The Morgan fingerprint density at radius 2 is 1.83 bits per heavy atom. The van der Waals surface area contributed by atoms with Gasteiger partial charge in [-0.15, -0.1) is 0 Å². The highest BCUT2D eigenvalue weighted by Crippen LogP contribution is 2.41. The number of benzene rings is 2. The van der Waals surface area contributed by atoms with Gasteiger partial charge in [-0.05, 0) is 62.8 Å². The van der Waals surface area contributed by atoms with Crippen molar-refractivity contribution >= 4 is 15.9 Å². The van der Waals surface area contributed by atoms with Crippen LogP contribution in [0.25, 0.3) is 11.1 Å². The molecule has 0 spiro atoms. The van der Waals surface area contributed by atoms with Crippen LogP contribution >= 0.6 is 0 Å². The number of halogens is 4. The highest BCUT2D eigenvalue weighted by Gasteiger charge is 2.60. The third kappa shape index (κ3) is 4.88. The summed E-state index contributed by atoms with van der Waals surface area (Å²) in [5.41, 5.74) is -1.58. The van der Waals surface area contributed by atoms with Gasteiger partial charge in [0.2, 0.25) is 10.0 Å². The molecule has 0 radical (unpaired) electrons. The van der Waals surface area contributed by atoms with Crippen molar-refractivity contribution in [3.05, 3.63) is 59.7 Å². The van der Waals surface area contributed by atoms with E-state index in [9.17, 15) is 22.7 Å². The second-order valence-corrected chi connectivity index (χ2v) is 12.1. The molecule has 2 N–H and O–H groups in total. The molecule has 1 amide bonds. The summed E-state index contributed by atoms with van der Waals surface area (Å²) in [4.78, 5) is 13.9. The van der Waals surface area contributed by atoms with Gasteiger partial charge in [0.05, 0.1) is 17.8 Å². The molecule has 1 aliphatic carbocycles. The fraction of sp³-hybridized carbons (Fsp3) is 0.480. The van der Waals surface area contributed by atoms with Gasteiger partial charge in [-0.2, -0.15) is 0 Å². The van der Waals surface area contributed by atoms with E-state index in [-0.39, 0.29) is 29.5 Å². The molecule has 1 aliphatic heterocycles. The number of nitrogens with zero attached hydrogens (tertiary/aromatic N) is 1. The number of sulfonamides is 1. The second kappa shape index (κ2) is 9.42. The summed E-state index contributed by atoms with van der Waals surface area (Å²) < 4.78 is 86.9. The molecule has 2 aromatic carbocycles. The molecule has 6 nitrogen and oxygen atoms in total. The number of hydrogen-bond acceptors (Lipinski definition) is 4. The number of amides is 1. The molecule has 0 bridgehead atoms. The van der Waals surface area contributed by atoms with Crippen molar-refractivity contribution < 1.29 is 35.9 Å². The summed E-state index contributed by atoms with van der Waals surface area (Å²) in [7, 11) is -4.19. The molecule has 2 aliphatic rings. The fourth-order valence-electron chi connectivity index (χ4n) is 4.67. The lowest BCUT2D eigenvalue weighted by atomic mass is 9.79. The molecule has 1 saturated carbocycles. The highest BCUT2D eigenvalue weighted by atomic mass is 32.2. The second-order valence-electron chi connectivity index (χ2n) is 9.83. The standard InChI is InChI=1S/C25H28F4N2O4S/c1-15(2)36(34,35)30-22-20(31(14-25(22,28)29)23(32)24(33)10-5-11-24)13-17-7-4-9-19(21(17)27)16-6-3-8-18(26)12-16/h3-4,6-9,12,15,20,22,30,33H,5,10-11,13-14H2,1-2H3/t20-,22+/m0/s1. The monoisotopic (exact) mass is 528 g/mol. The first-order valence-corrected chi connectivity index (χ1v) is 13.3. The summed E-state index contributed by atoms with van der Waals surface area (Å²) >= 11 is 0. The predicted molar refractivity (Wildman–Crippen MR) is 126 cm³/mol. The van der Waals surface area contributed by atoms with Crippen LogP contribution in [0.15, 0.2) is 42.5 Å². The Balaban J connectivity index is 1.75. The summed E-state index contributed by atoms with van der Waals surface area (Å²) in [6, 6.07) is 5.97. The van der Waals surface area contributed by atoms with Crippen molar-refractivity contribution in [2.24, 2.45) is 0 Å². The Bertz CT molecular complexity index is 1260. The van der Waals surface area contributed by atoms with E-state index in [1.54, 1.807) is 0 Å². The molecule has 36 heavy (non-hydrogen) atoms. The Kier molecular flexibility index (Phi) is 6.95. The molecule has 11 heteroatoms. The SMILES string of the molecule is CC(C)S(=O)(=O)N[C@@H]1[C@H](Cc2cccc(-c3cccc(F)c3)c2F)N(C(=O)C2(O)CCC2)CC1(F)F. The van der Waals surface area contributed by atoms with Gasteiger partial charge in [0.25, 0.3) is 11.8 Å². The van der Waals surface area contributed by atoms with Gasteiger partial charge in [0.1, 0.15) is 23.3 Å². The van der Waals surface area contributed by atoms with E-state index >= 15 is 13.2 Å². The van der Waals surface area contributed by atoms with Gasteiger partial charge in [-0.1, -0.05) is 30.3 Å². The maximum Gasteiger partial charge on any atom is 0.283 e. The minimum Gasteiger partial charge on any atom is -0.380 e. The van der Waals surface area contributed by atoms with E-state index < -0.39 is 69.4 Å². The molecule has 196 valence electrons. The molecule has 1 heterocycles. The minimum atomic E-state index is -4.19. The zero-order valence-electron chi connectivity index (χ0n) is 19.8. The highest BCUT2D eigenvalue weighted by molar-refractivity contribution is 7.90. The topological polar surface area (TPSA) is 86.7 Å². The molecule has 2 aromatic rings. The van der Waals surface area contributed by atoms with Crippen molar-refractivity contribution in [1.29, 1.82) is 0 Å². The maximum absolute atomic E-state index is 15.6. The summed E-state index contributed by atoms with van der Waals surface area (Å²) in [5, 5.41) is 9.56. The summed E-state index contributed by atoms with van der Waals surface area (Å²) in [6.45, 7) is 1.54. The van der Waals surface area contributed by atoms with Gasteiger partial charge >= 0.3 is 0 Å². The molecular weight excluding hydrogens is 500 g/mol. The molecule has 1 saturated heterocycles. The van der Waals surface area contributed by atoms with Crippen molar-refractivity contribution in [2.45, 2.75) is 68.4 Å². The van der Waals surface area contributed by atoms with E-state index in [4.69, 9.17) is 0 Å². The van der Waals surface area contributed by atoms with Crippen LogP contribution in [0.5, 0.6) is 0 Å². The van der Waals surface area contributed by atoms with Crippen LogP contribution in [-0.2, 0) is 21.2 Å². The number of carbonyl (C=O) groups excluding carboxylic acids is 1. The normalized spacial score (nSPS) is 23.1. The first-order valence-electron chi connectivity index (χ1n) is 11.7. The smallest absolute Gasteiger partial charge is 0.283 e. The number of nitrogens with one attached hydrogen (secondary N) is 1. The van der Waals surface area contributed by atoms with E-state index in [2.05, 4.69) is 0 Å². The summed E-state index contributed by atoms with van der Waals surface area (Å²) in [6.07, 6.45) is 0.307. The average Bonchev–Trinajstić information content (AvgIpc) is 3.02. The lowest BCUT2D eigenvalue weighted by Crippen LogP contribution is -2.57. The number of likely N-dealkylation sites (tertiary alicyclic amines) is 1. The third-order valence-corrected chi connectivity index (χ3v) is 8.84.